The number of amides is 1. The minimum atomic E-state index is -0.135. The molecule has 0 aliphatic rings. The molecule has 0 atom stereocenters. The lowest BCUT2D eigenvalue weighted by molar-refractivity contribution is 0.0927. The van der Waals surface area contributed by atoms with Crippen molar-refractivity contribution < 1.29 is 9.21 Å². The van der Waals surface area contributed by atoms with E-state index in [-0.39, 0.29) is 5.91 Å². The van der Waals surface area contributed by atoms with Crippen LogP contribution in [0.1, 0.15) is 29.5 Å². The average Bonchev–Trinajstić information content (AvgIpc) is 2.82. The number of nitrogens with one attached hydrogen (secondary N) is 1. The number of hydrogen-bond acceptors (Lipinski definition) is 2. The third kappa shape index (κ3) is 1.95. The Labute approximate surface area is 117 Å². The van der Waals surface area contributed by atoms with Gasteiger partial charge in [0, 0.05) is 22.9 Å². The molecular formula is C17H17NO2. The summed E-state index contributed by atoms with van der Waals surface area (Å²) in [7, 11) is 0. The molecule has 102 valence electrons. The molecule has 3 nitrogen and oxygen atoms in total. The zero-order valence-corrected chi connectivity index (χ0v) is 11.7. The third-order valence-corrected chi connectivity index (χ3v) is 3.57. The van der Waals surface area contributed by atoms with Gasteiger partial charge in [-0.15, -0.1) is 0 Å². The van der Waals surface area contributed by atoms with Crippen LogP contribution in [-0.2, 0) is 0 Å². The van der Waals surface area contributed by atoms with E-state index in [1.54, 1.807) is 0 Å². The van der Waals surface area contributed by atoms with Gasteiger partial charge in [-0.05, 0) is 18.7 Å². The molecule has 1 N–H and O–H groups in total. The van der Waals surface area contributed by atoms with Gasteiger partial charge in [0.1, 0.15) is 5.58 Å². The molecular weight excluding hydrogens is 250 g/mol. The van der Waals surface area contributed by atoms with Crippen LogP contribution in [0.4, 0.5) is 0 Å². The Morgan fingerprint density at radius 1 is 1.15 bits per heavy atom. The van der Waals surface area contributed by atoms with Crippen molar-refractivity contribution in [2.45, 2.75) is 20.3 Å². The van der Waals surface area contributed by atoms with Crippen LogP contribution in [0.15, 0.2) is 40.8 Å². The highest BCUT2D eigenvalue weighted by atomic mass is 16.3. The Morgan fingerprint density at radius 2 is 1.95 bits per heavy atom. The fourth-order valence-corrected chi connectivity index (χ4v) is 2.48. The van der Waals surface area contributed by atoms with Gasteiger partial charge in [-0.2, -0.15) is 0 Å². The summed E-state index contributed by atoms with van der Waals surface area (Å²) in [6, 6.07) is 12.1. The van der Waals surface area contributed by atoms with E-state index in [0.717, 1.165) is 33.7 Å². The van der Waals surface area contributed by atoms with Gasteiger partial charge in [0.05, 0.1) is 0 Å². The van der Waals surface area contributed by atoms with Crippen LogP contribution in [0, 0.1) is 6.92 Å². The Hall–Kier alpha value is -2.29. The largest absolute Gasteiger partial charge is 0.450 e. The number of fused-ring (bicyclic) bond motifs is 3. The van der Waals surface area contributed by atoms with Gasteiger partial charge in [0.25, 0.3) is 5.91 Å². The minimum absolute atomic E-state index is 0.135. The zero-order chi connectivity index (χ0) is 14.1. The molecule has 1 aromatic heterocycles. The van der Waals surface area contributed by atoms with E-state index in [9.17, 15) is 4.79 Å². The number of furan rings is 1. The maximum absolute atomic E-state index is 12.1. The fraction of sp³-hybridized carbons (Fsp3) is 0.235. The Kier molecular flexibility index (Phi) is 3.18. The number of rotatable bonds is 3. The molecule has 0 radical (unpaired) electrons. The van der Waals surface area contributed by atoms with Crippen LogP contribution in [0.3, 0.4) is 0 Å². The minimum Gasteiger partial charge on any atom is -0.450 e. The summed E-state index contributed by atoms with van der Waals surface area (Å²) in [5, 5.41) is 6.03. The molecule has 3 rings (SSSR count). The third-order valence-electron chi connectivity index (χ3n) is 3.57. The lowest BCUT2D eigenvalue weighted by Crippen LogP contribution is -2.24. The second-order valence-corrected chi connectivity index (χ2v) is 4.98. The van der Waals surface area contributed by atoms with E-state index in [1.807, 2.05) is 44.2 Å². The highest BCUT2D eigenvalue weighted by molar-refractivity contribution is 6.08. The van der Waals surface area contributed by atoms with E-state index in [0.29, 0.717) is 12.3 Å². The SMILES string of the molecule is CCCNC(=O)c1oc2c(ccc3ccccc32)c1C. The smallest absolute Gasteiger partial charge is 0.287 e. The van der Waals surface area contributed by atoms with Crippen LogP contribution in [0.5, 0.6) is 0 Å². The monoisotopic (exact) mass is 267 g/mol. The summed E-state index contributed by atoms with van der Waals surface area (Å²) in [4.78, 5) is 12.1. The van der Waals surface area contributed by atoms with Crippen molar-refractivity contribution in [3.05, 3.63) is 47.7 Å². The lowest BCUT2D eigenvalue weighted by atomic mass is 10.1. The van der Waals surface area contributed by atoms with Crippen molar-refractivity contribution in [3.8, 4) is 0 Å². The molecule has 3 aromatic rings. The van der Waals surface area contributed by atoms with Crippen LogP contribution >= 0.6 is 0 Å². The number of carbonyl (C=O) groups is 1. The first-order valence-corrected chi connectivity index (χ1v) is 6.91. The standard InChI is InChI=1S/C17H17NO2/c1-3-10-18-17(19)15-11(2)13-9-8-12-6-4-5-7-14(12)16(13)20-15/h4-9H,3,10H2,1-2H3,(H,18,19). The van der Waals surface area contributed by atoms with Gasteiger partial charge in [-0.3, -0.25) is 4.79 Å². The summed E-state index contributed by atoms with van der Waals surface area (Å²) in [5.41, 5.74) is 1.70. The molecule has 0 saturated carbocycles. The fourth-order valence-electron chi connectivity index (χ4n) is 2.48. The van der Waals surface area contributed by atoms with Crippen LogP contribution < -0.4 is 5.32 Å². The average molecular weight is 267 g/mol. The molecule has 0 unspecified atom stereocenters. The molecule has 0 bridgehead atoms. The van der Waals surface area contributed by atoms with Crippen molar-refractivity contribution in [2.24, 2.45) is 0 Å². The maximum Gasteiger partial charge on any atom is 0.287 e. The predicted molar refractivity (Wildman–Crippen MR) is 81.1 cm³/mol. The summed E-state index contributed by atoms with van der Waals surface area (Å²) in [5.74, 6) is 0.287. The van der Waals surface area contributed by atoms with Crippen molar-refractivity contribution >= 4 is 27.6 Å². The van der Waals surface area contributed by atoms with Crippen molar-refractivity contribution in [3.63, 3.8) is 0 Å². The first-order chi connectivity index (χ1) is 9.72. The molecule has 0 saturated heterocycles. The summed E-state index contributed by atoms with van der Waals surface area (Å²) in [6.07, 6.45) is 0.911. The van der Waals surface area contributed by atoms with E-state index in [1.165, 1.54) is 0 Å². The maximum atomic E-state index is 12.1. The Morgan fingerprint density at radius 3 is 2.75 bits per heavy atom. The number of aryl methyl sites for hydroxylation is 1. The molecule has 20 heavy (non-hydrogen) atoms. The first-order valence-electron chi connectivity index (χ1n) is 6.91. The quantitative estimate of drug-likeness (QED) is 0.778. The second kappa shape index (κ2) is 5.00. The first kappa shape index (κ1) is 12.7. The predicted octanol–water partition coefficient (Wildman–Crippen LogP) is 4.03. The van der Waals surface area contributed by atoms with Gasteiger partial charge < -0.3 is 9.73 Å². The van der Waals surface area contributed by atoms with Crippen molar-refractivity contribution in [1.29, 1.82) is 0 Å². The molecule has 0 fully saturated rings. The van der Waals surface area contributed by atoms with Gasteiger partial charge in [0.15, 0.2) is 5.76 Å². The highest BCUT2D eigenvalue weighted by Gasteiger charge is 2.18. The van der Waals surface area contributed by atoms with E-state index in [2.05, 4.69) is 11.4 Å². The highest BCUT2D eigenvalue weighted by Crippen LogP contribution is 2.31. The van der Waals surface area contributed by atoms with Gasteiger partial charge >= 0.3 is 0 Å². The van der Waals surface area contributed by atoms with Crippen LogP contribution in [0.25, 0.3) is 21.7 Å². The normalized spacial score (nSPS) is 11.1. The molecule has 0 aliphatic heterocycles. The van der Waals surface area contributed by atoms with Gasteiger partial charge in [-0.25, -0.2) is 0 Å². The molecule has 1 amide bonds. The number of benzene rings is 2. The van der Waals surface area contributed by atoms with E-state index in [4.69, 9.17) is 4.42 Å². The number of hydrogen-bond donors (Lipinski definition) is 1. The molecule has 0 spiro atoms. The summed E-state index contributed by atoms with van der Waals surface area (Å²) < 4.78 is 5.86. The Balaban J connectivity index is 2.18. The van der Waals surface area contributed by atoms with Gasteiger partial charge in [-0.1, -0.05) is 43.3 Å². The summed E-state index contributed by atoms with van der Waals surface area (Å²) >= 11 is 0. The lowest BCUT2D eigenvalue weighted by Gasteiger charge is -2.00. The molecule has 0 aliphatic carbocycles. The molecule has 3 heteroatoms. The molecule has 1 heterocycles. The Bertz CT molecular complexity index is 786. The van der Waals surface area contributed by atoms with Gasteiger partial charge in [0.2, 0.25) is 0 Å². The van der Waals surface area contributed by atoms with Crippen molar-refractivity contribution in [2.75, 3.05) is 6.54 Å². The zero-order valence-electron chi connectivity index (χ0n) is 11.7. The summed E-state index contributed by atoms with van der Waals surface area (Å²) in [6.45, 7) is 4.62. The van der Waals surface area contributed by atoms with Crippen LogP contribution in [-0.4, -0.2) is 12.5 Å². The number of carbonyl (C=O) groups excluding carboxylic acids is 1. The second-order valence-electron chi connectivity index (χ2n) is 4.98. The topological polar surface area (TPSA) is 42.2 Å². The van der Waals surface area contributed by atoms with E-state index >= 15 is 0 Å². The van der Waals surface area contributed by atoms with Crippen molar-refractivity contribution in [1.82, 2.24) is 5.32 Å². The van der Waals surface area contributed by atoms with Crippen LogP contribution in [0.2, 0.25) is 0 Å². The van der Waals surface area contributed by atoms with E-state index < -0.39 is 0 Å². The molecule has 2 aromatic carbocycles.